The zero-order chi connectivity index (χ0) is 15.1. The molecule has 6 heteroatoms. The fraction of sp³-hybridized carbons (Fsp3) is 0.400. The quantitative estimate of drug-likeness (QED) is 0.730. The van der Waals surface area contributed by atoms with E-state index in [1.807, 2.05) is 24.3 Å². The van der Waals surface area contributed by atoms with Crippen LogP contribution in [0.5, 0.6) is 5.75 Å². The number of nitrogens with two attached hydrogens (primary N) is 1. The average Bonchev–Trinajstić information content (AvgIpc) is 2.97. The molecule has 21 heavy (non-hydrogen) atoms. The summed E-state index contributed by atoms with van der Waals surface area (Å²) < 4.78 is 5.81. The maximum atomic E-state index is 11.4. The first-order valence-corrected chi connectivity index (χ1v) is 7.16. The van der Waals surface area contributed by atoms with E-state index in [-0.39, 0.29) is 5.69 Å². The lowest BCUT2D eigenvalue weighted by molar-refractivity contribution is 0.0996. The number of ether oxygens (including phenoxy) is 1. The number of H-pyrrole nitrogens is 1. The lowest BCUT2D eigenvalue weighted by Gasteiger charge is -2.10. The van der Waals surface area contributed by atoms with E-state index >= 15 is 0 Å². The second-order valence-electron chi connectivity index (χ2n) is 4.79. The summed E-state index contributed by atoms with van der Waals surface area (Å²) in [6.07, 6.45) is 4.55. The molecule has 0 unspecified atom stereocenters. The van der Waals surface area contributed by atoms with Gasteiger partial charge in [0.05, 0.1) is 6.61 Å². The molecule has 2 rings (SSSR count). The molecule has 0 saturated heterocycles. The molecule has 0 aliphatic carbocycles. The van der Waals surface area contributed by atoms with Crippen LogP contribution in [-0.4, -0.2) is 27.9 Å². The third-order valence-electron chi connectivity index (χ3n) is 3.18. The molecule has 6 nitrogen and oxygen atoms in total. The summed E-state index contributed by atoms with van der Waals surface area (Å²) >= 11 is 0. The molecule has 0 aliphatic heterocycles. The third-order valence-corrected chi connectivity index (χ3v) is 3.18. The van der Waals surface area contributed by atoms with Crippen molar-refractivity contribution < 1.29 is 9.53 Å². The largest absolute Gasteiger partial charge is 0.493 e. The predicted octanol–water partition coefficient (Wildman–Crippen LogP) is 2.53. The molecule has 0 aliphatic rings. The summed E-state index contributed by atoms with van der Waals surface area (Å²) in [6.45, 7) is 2.81. The molecule has 0 fully saturated rings. The van der Waals surface area contributed by atoms with Crippen LogP contribution in [0.2, 0.25) is 0 Å². The number of aromatic nitrogens is 3. The Bertz CT molecular complexity index is 595. The lowest BCUT2D eigenvalue weighted by Crippen LogP contribution is -2.13. The summed E-state index contributed by atoms with van der Waals surface area (Å²) in [5, 5.41) is 10.2. The third kappa shape index (κ3) is 3.81. The van der Waals surface area contributed by atoms with E-state index in [9.17, 15) is 4.79 Å². The van der Waals surface area contributed by atoms with E-state index < -0.39 is 5.91 Å². The topological polar surface area (TPSA) is 93.9 Å². The van der Waals surface area contributed by atoms with Gasteiger partial charge in [0.25, 0.3) is 5.91 Å². The fourth-order valence-electron chi connectivity index (χ4n) is 2.09. The Balaban J connectivity index is 2.13. The van der Waals surface area contributed by atoms with Gasteiger partial charge in [-0.3, -0.25) is 4.79 Å². The number of hydrogen-bond donors (Lipinski definition) is 2. The van der Waals surface area contributed by atoms with Crippen molar-refractivity contribution in [2.24, 2.45) is 5.73 Å². The van der Waals surface area contributed by atoms with E-state index in [1.54, 1.807) is 0 Å². The zero-order valence-corrected chi connectivity index (χ0v) is 12.1. The maximum Gasteiger partial charge on any atom is 0.271 e. The number of carbonyl (C=O) groups is 1. The Kier molecular flexibility index (Phi) is 5.31. The van der Waals surface area contributed by atoms with E-state index in [2.05, 4.69) is 22.3 Å². The monoisotopic (exact) mass is 288 g/mol. The molecular formula is C15H20N4O2. The predicted molar refractivity (Wildman–Crippen MR) is 80.0 cm³/mol. The summed E-state index contributed by atoms with van der Waals surface area (Å²) in [7, 11) is 0. The van der Waals surface area contributed by atoms with Crippen LogP contribution in [0.1, 0.15) is 43.1 Å². The van der Waals surface area contributed by atoms with Crippen LogP contribution in [0.3, 0.4) is 0 Å². The number of aromatic amines is 1. The highest BCUT2D eigenvalue weighted by Crippen LogP contribution is 2.29. The average molecular weight is 288 g/mol. The molecule has 0 bridgehead atoms. The van der Waals surface area contributed by atoms with E-state index in [0.29, 0.717) is 18.1 Å². The van der Waals surface area contributed by atoms with Crippen molar-refractivity contribution in [3.63, 3.8) is 0 Å². The smallest absolute Gasteiger partial charge is 0.271 e. The van der Waals surface area contributed by atoms with Gasteiger partial charge in [-0.05, 0) is 18.6 Å². The van der Waals surface area contributed by atoms with E-state index in [4.69, 9.17) is 10.5 Å². The van der Waals surface area contributed by atoms with Crippen LogP contribution >= 0.6 is 0 Å². The highest BCUT2D eigenvalue weighted by molar-refractivity contribution is 5.97. The molecule has 1 amide bonds. The van der Waals surface area contributed by atoms with Gasteiger partial charge in [0.2, 0.25) is 0 Å². The van der Waals surface area contributed by atoms with Crippen molar-refractivity contribution in [3.8, 4) is 17.0 Å². The summed E-state index contributed by atoms with van der Waals surface area (Å²) in [5.74, 6) is 0.0712. The summed E-state index contributed by atoms with van der Waals surface area (Å²) in [4.78, 5) is 11.4. The molecular weight excluding hydrogens is 268 g/mol. The highest BCUT2D eigenvalue weighted by atomic mass is 16.5. The minimum Gasteiger partial charge on any atom is -0.493 e. The Morgan fingerprint density at radius 2 is 2.05 bits per heavy atom. The van der Waals surface area contributed by atoms with Gasteiger partial charge in [-0.25, -0.2) is 0 Å². The van der Waals surface area contributed by atoms with Crippen molar-refractivity contribution in [3.05, 3.63) is 30.0 Å². The lowest BCUT2D eigenvalue weighted by atomic mass is 10.1. The molecule has 1 heterocycles. The van der Waals surface area contributed by atoms with Crippen molar-refractivity contribution in [2.75, 3.05) is 6.61 Å². The molecule has 1 aromatic heterocycles. The van der Waals surface area contributed by atoms with Gasteiger partial charge in [0.1, 0.15) is 11.4 Å². The number of nitrogens with zero attached hydrogens (tertiary/aromatic N) is 2. The minimum absolute atomic E-state index is 0.122. The molecule has 0 spiro atoms. The fourth-order valence-corrected chi connectivity index (χ4v) is 2.09. The summed E-state index contributed by atoms with van der Waals surface area (Å²) in [6, 6.07) is 7.44. The minimum atomic E-state index is -0.614. The van der Waals surface area contributed by atoms with Gasteiger partial charge >= 0.3 is 0 Å². The maximum absolute atomic E-state index is 11.4. The van der Waals surface area contributed by atoms with Crippen LogP contribution in [0.25, 0.3) is 11.3 Å². The Morgan fingerprint density at radius 1 is 1.24 bits per heavy atom. The molecule has 2 aromatic rings. The Labute approximate surface area is 123 Å². The number of carbonyl (C=O) groups excluding carboxylic acids is 1. The highest BCUT2D eigenvalue weighted by Gasteiger charge is 2.18. The number of unbranched alkanes of at least 4 members (excludes halogenated alkanes) is 3. The Morgan fingerprint density at radius 3 is 2.81 bits per heavy atom. The van der Waals surface area contributed by atoms with E-state index in [0.717, 1.165) is 18.4 Å². The first-order valence-electron chi connectivity index (χ1n) is 7.16. The van der Waals surface area contributed by atoms with Crippen LogP contribution in [-0.2, 0) is 0 Å². The number of primary amides is 1. The standard InChI is InChI=1S/C15H20N4O2/c1-2-3-4-7-10-21-12-9-6-5-8-11(12)13-14(15(16)20)18-19-17-13/h5-6,8-9H,2-4,7,10H2,1H3,(H2,16,20)(H,17,18,19). The van der Waals surface area contributed by atoms with Crippen molar-refractivity contribution >= 4 is 5.91 Å². The number of amides is 1. The van der Waals surface area contributed by atoms with Crippen LogP contribution in [0, 0.1) is 0 Å². The van der Waals surface area contributed by atoms with Crippen molar-refractivity contribution in [2.45, 2.75) is 32.6 Å². The van der Waals surface area contributed by atoms with Gasteiger partial charge in [0, 0.05) is 5.56 Å². The SMILES string of the molecule is CCCCCCOc1ccccc1-c1n[nH]nc1C(N)=O. The normalized spacial score (nSPS) is 10.5. The van der Waals surface area contributed by atoms with Crippen LogP contribution < -0.4 is 10.5 Å². The van der Waals surface area contributed by atoms with Crippen molar-refractivity contribution in [1.29, 1.82) is 0 Å². The van der Waals surface area contributed by atoms with Gasteiger partial charge in [0.15, 0.2) is 5.69 Å². The molecule has 1 aromatic carbocycles. The second-order valence-corrected chi connectivity index (χ2v) is 4.79. The molecule has 0 saturated carbocycles. The van der Waals surface area contributed by atoms with Gasteiger partial charge in [-0.15, -0.1) is 0 Å². The molecule has 0 atom stereocenters. The number of rotatable bonds is 8. The van der Waals surface area contributed by atoms with Crippen molar-refractivity contribution in [1.82, 2.24) is 15.4 Å². The van der Waals surface area contributed by atoms with Gasteiger partial charge < -0.3 is 10.5 Å². The molecule has 112 valence electrons. The van der Waals surface area contributed by atoms with Crippen LogP contribution in [0.4, 0.5) is 0 Å². The first-order chi connectivity index (χ1) is 10.2. The van der Waals surface area contributed by atoms with Gasteiger partial charge in [-0.1, -0.05) is 38.3 Å². The zero-order valence-electron chi connectivity index (χ0n) is 12.1. The van der Waals surface area contributed by atoms with E-state index in [1.165, 1.54) is 12.8 Å². The second kappa shape index (κ2) is 7.42. The number of nitrogens with one attached hydrogen (secondary N) is 1. The molecule has 3 N–H and O–H groups in total. The number of para-hydroxylation sites is 1. The summed E-state index contributed by atoms with van der Waals surface area (Å²) in [5.41, 5.74) is 6.56. The number of hydrogen-bond acceptors (Lipinski definition) is 4. The van der Waals surface area contributed by atoms with Crippen LogP contribution in [0.15, 0.2) is 24.3 Å². The first kappa shape index (κ1) is 15.0. The molecule has 0 radical (unpaired) electrons. The van der Waals surface area contributed by atoms with Gasteiger partial charge in [-0.2, -0.15) is 15.4 Å². The number of benzene rings is 1. The Hall–Kier alpha value is -2.37.